The molecule has 92 valence electrons. The van der Waals surface area contributed by atoms with Gasteiger partial charge in [-0.15, -0.1) is 0 Å². The molecule has 2 aliphatic rings. The van der Waals surface area contributed by atoms with Gasteiger partial charge in [0.05, 0.1) is 6.10 Å². The molecule has 1 aromatic carbocycles. The summed E-state index contributed by atoms with van der Waals surface area (Å²) in [7, 11) is 0. The van der Waals surface area contributed by atoms with Gasteiger partial charge in [-0.05, 0) is 30.4 Å². The molecule has 4 heteroatoms. The molecule has 0 spiro atoms. The van der Waals surface area contributed by atoms with Gasteiger partial charge in [-0.2, -0.15) is 0 Å². The predicted octanol–water partition coefficient (Wildman–Crippen LogP) is 3.15. The summed E-state index contributed by atoms with van der Waals surface area (Å²) in [6.07, 6.45) is 1.36. The maximum absolute atomic E-state index is 10.2. The third kappa shape index (κ3) is 1.74. The van der Waals surface area contributed by atoms with Crippen LogP contribution in [0.15, 0.2) is 10.5 Å². The molecule has 1 N–H and O–H groups in total. The zero-order chi connectivity index (χ0) is 12.0. The van der Waals surface area contributed by atoms with Gasteiger partial charge in [0.2, 0.25) is 0 Å². The summed E-state index contributed by atoms with van der Waals surface area (Å²) >= 11 is 3.58. The van der Waals surface area contributed by atoms with E-state index in [1.165, 1.54) is 5.56 Å². The molecular weight excluding hydrogens is 284 g/mol. The van der Waals surface area contributed by atoms with E-state index < -0.39 is 6.10 Å². The molecule has 1 aliphatic carbocycles. The van der Waals surface area contributed by atoms with Crippen molar-refractivity contribution in [2.24, 2.45) is 0 Å². The van der Waals surface area contributed by atoms with E-state index in [-0.39, 0.29) is 0 Å². The summed E-state index contributed by atoms with van der Waals surface area (Å²) in [5.41, 5.74) is 2.10. The van der Waals surface area contributed by atoms with Gasteiger partial charge in [0.1, 0.15) is 13.2 Å². The van der Waals surface area contributed by atoms with E-state index in [4.69, 9.17) is 9.47 Å². The van der Waals surface area contributed by atoms with E-state index in [9.17, 15) is 5.11 Å². The first-order chi connectivity index (χ1) is 8.18. The molecule has 0 bridgehead atoms. The lowest BCUT2D eigenvalue weighted by atomic mass is 9.81. The molecule has 1 unspecified atom stereocenters. The van der Waals surface area contributed by atoms with E-state index in [2.05, 4.69) is 22.9 Å². The van der Waals surface area contributed by atoms with Crippen molar-refractivity contribution in [2.75, 3.05) is 13.2 Å². The number of ether oxygens (including phenoxy) is 2. The van der Waals surface area contributed by atoms with E-state index >= 15 is 0 Å². The normalized spacial score (nSPS) is 26.5. The van der Waals surface area contributed by atoms with Gasteiger partial charge >= 0.3 is 0 Å². The predicted molar refractivity (Wildman–Crippen MR) is 67.7 cm³/mol. The number of halogens is 1. The third-order valence-corrected chi connectivity index (χ3v) is 4.22. The Morgan fingerprint density at radius 3 is 2.82 bits per heavy atom. The minimum Gasteiger partial charge on any atom is -0.486 e. The van der Waals surface area contributed by atoms with Crippen molar-refractivity contribution in [1.29, 1.82) is 0 Å². The van der Waals surface area contributed by atoms with Crippen LogP contribution in [0.4, 0.5) is 0 Å². The Labute approximate surface area is 109 Å². The van der Waals surface area contributed by atoms with Crippen molar-refractivity contribution < 1.29 is 14.6 Å². The van der Waals surface area contributed by atoms with Crippen LogP contribution in [0, 0.1) is 0 Å². The fourth-order valence-electron chi connectivity index (χ4n) is 2.72. The third-order valence-electron chi connectivity index (χ3n) is 3.56. The van der Waals surface area contributed by atoms with E-state index in [0.717, 1.165) is 34.4 Å². The second-order valence-corrected chi connectivity index (χ2v) is 5.56. The van der Waals surface area contributed by atoms with Crippen LogP contribution in [-0.2, 0) is 0 Å². The number of hydrogen-bond acceptors (Lipinski definition) is 3. The van der Waals surface area contributed by atoms with Gasteiger partial charge < -0.3 is 14.6 Å². The van der Waals surface area contributed by atoms with E-state index in [0.29, 0.717) is 19.1 Å². The van der Waals surface area contributed by atoms with Crippen LogP contribution >= 0.6 is 15.9 Å². The van der Waals surface area contributed by atoms with Crippen molar-refractivity contribution in [3.8, 4) is 11.5 Å². The Balaban J connectivity index is 2.24. The smallest absolute Gasteiger partial charge is 0.167 e. The summed E-state index contributed by atoms with van der Waals surface area (Å²) < 4.78 is 12.3. The molecule has 1 aromatic rings. The van der Waals surface area contributed by atoms with Crippen LogP contribution in [0.3, 0.4) is 0 Å². The summed E-state index contributed by atoms with van der Waals surface area (Å²) in [4.78, 5) is 0. The minimum absolute atomic E-state index is 0.436. The highest BCUT2D eigenvalue weighted by molar-refractivity contribution is 9.10. The Morgan fingerprint density at radius 1 is 1.24 bits per heavy atom. The van der Waals surface area contributed by atoms with Crippen molar-refractivity contribution in [3.63, 3.8) is 0 Å². The summed E-state index contributed by atoms with van der Waals surface area (Å²) in [6.45, 7) is 3.32. The molecule has 2 atom stereocenters. The number of aliphatic hydroxyl groups is 1. The van der Waals surface area contributed by atoms with Crippen LogP contribution in [0.2, 0.25) is 0 Å². The Morgan fingerprint density at radius 2 is 2.00 bits per heavy atom. The van der Waals surface area contributed by atoms with Crippen molar-refractivity contribution in [1.82, 2.24) is 0 Å². The Hall–Kier alpha value is -0.740. The molecule has 0 saturated heterocycles. The molecule has 0 fully saturated rings. The van der Waals surface area contributed by atoms with Gasteiger partial charge in [0.15, 0.2) is 11.5 Å². The van der Waals surface area contributed by atoms with Crippen LogP contribution < -0.4 is 9.47 Å². The molecule has 1 aliphatic heterocycles. The highest BCUT2D eigenvalue weighted by Gasteiger charge is 2.32. The fourth-order valence-corrected chi connectivity index (χ4v) is 3.53. The number of fused-ring (bicyclic) bond motifs is 3. The Kier molecular flexibility index (Phi) is 2.79. The first kappa shape index (κ1) is 11.4. The number of rotatable bonds is 0. The molecule has 17 heavy (non-hydrogen) atoms. The monoisotopic (exact) mass is 298 g/mol. The van der Waals surface area contributed by atoms with Crippen LogP contribution in [0.1, 0.15) is 42.9 Å². The Bertz CT molecular complexity index is 458. The molecule has 0 aromatic heterocycles. The first-order valence-corrected chi connectivity index (χ1v) is 6.77. The average molecular weight is 299 g/mol. The molecular formula is C13H15BrO3. The zero-order valence-electron chi connectivity index (χ0n) is 9.70. The van der Waals surface area contributed by atoms with Gasteiger partial charge in [0, 0.05) is 10.0 Å². The number of hydrogen-bond donors (Lipinski definition) is 1. The van der Waals surface area contributed by atoms with E-state index in [1.807, 2.05) is 6.07 Å². The lowest BCUT2D eigenvalue weighted by Gasteiger charge is -2.32. The van der Waals surface area contributed by atoms with Crippen molar-refractivity contribution >= 4 is 15.9 Å². The van der Waals surface area contributed by atoms with Crippen LogP contribution in [0.25, 0.3) is 0 Å². The van der Waals surface area contributed by atoms with Gasteiger partial charge in [-0.1, -0.05) is 22.9 Å². The molecule has 3 nitrogen and oxygen atoms in total. The number of aliphatic hydroxyl groups excluding tert-OH is 1. The first-order valence-electron chi connectivity index (χ1n) is 5.98. The lowest BCUT2D eigenvalue weighted by molar-refractivity contribution is 0.129. The fraction of sp³-hybridized carbons (Fsp3) is 0.538. The second-order valence-electron chi connectivity index (χ2n) is 4.70. The molecule has 0 amide bonds. The summed E-state index contributed by atoms with van der Waals surface area (Å²) in [5, 5.41) is 10.2. The lowest BCUT2D eigenvalue weighted by Crippen LogP contribution is -2.21. The molecule has 0 saturated carbocycles. The standard InChI is InChI=1S/C13H15BrO3/c1-7-2-3-9(15)12-11(7)8(14)6-10-13(12)17-5-4-16-10/h6-7,9,15H,2-5H2,1H3/t7?,9-/m0/s1. The topological polar surface area (TPSA) is 38.7 Å². The second kappa shape index (κ2) is 4.18. The maximum Gasteiger partial charge on any atom is 0.167 e. The van der Waals surface area contributed by atoms with E-state index in [1.54, 1.807) is 0 Å². The largest absolute Gasteiger partial charge is 0.486 e. The highest BCUT2D eigenvalue weighted by atomic mass is 79.9. The van der Waals surface area contributed by atoms with Crippen LogP contribution in [0.5, 0.6) is 11.5 Å². The summed E-state index contributed by atoms with van der Waals surface area (Å²) in [5.74, 6) is 1.93. The molecule has 3 rings (SSSR count). The highest BCUT2D eigenvalue weighted by Crippen LogP contribution is 2.50. The quantitative estimate of drug-likeness (QED) is 0.800. The van der Waals surface area contributed by atoms with Gasteiger partial charge in [-0.25, -0.2) is 0 Å². The maximum atomic E-state index is 10.2. The molecule has 0 radical (unpaired) electrons. The van der Waals surface area contributed by atoms with Gasteiger partial charge in [0.25, 0.3) is 0 Å². The number of benzene rings is 1. The van der Waals surface area contributed by atoms with Gasteiger partial charge in [-0.3, -0.25) is 0 Å². The average Bonchev–Trinajstić information content (AvgIpc) is 2.33. The summed E-state index contributed by atoms with van der Waals surface area (Å²) in [6, 6.07) is 1.96. The minimum atomic E-state index is -0.436. The molecule has 1 heterocycles. The zero-order valence-corrected chi connectivity index (χ0v) is 11.3. The van der Waals surface area contributed by atoms with Crippen molar-refractivity contribution in [2.45, 2.75) is 31.8 Å². The van der Waals surface area contributed by atoms with Crippen molar-refractivity contribution in [3.05, 3.63) is 21.7 Å². The SMILES string of the molecule is CC1CC[C@H](O)c2c3c(cc(Br)c21)OCCO3. The van der Waals surface area contributed by atoms with Crippen LogP contribution in [-0.4, -0.2) is 18.3 Å².